The maximum atomic E-state index is 4.21. The molecule has 1 aromatic heterocycles. The van der Waals surface area contributed by atoms with Gasteiger partial charge in [-0.1, -0.05) is 0 Å². The molecule has 0 bridgehead atoms. The lowest BCUT2D eigenvalue weighted by atomic mass is 10.2. The van der Waals surface area contributed by atoms with Gasteiger partial charge in [0.2, 0.25) is 0 Å². The summed E-state index contributed by atoms with van der Waals surface area (Å²) in [6, 6.07) is 8.11. The van der Waals surface area contributed by atoms with Crippen molar-refractivity contribution in [3.63, 3.8) is 0 Å². The number of aromatic nitrogens is 3. The monoisotopic (exact) mass is 220 g/mol. The maximum Gasteiger partial charge on any atom is 0.192 e. The van der Waals surface area contributed by atoms with Gasteiger partial charge in [0.25, 0.3) is 0 Å². The third kappa shape index (κ3) is 1.97. The van der Waals surface area contributed by atoms with Crippen molar-refractivity contribution in [2.75, 3.05) is 19.0 Å². The van der Waals surface area contributed by atoms with Crippen molar-refractivity contribution in [2.24, 2.45) is 0 Å². The van der Waals surface area contributed by atoms with Crippen molar-refractivity contribution in [1.82, 2.24) is 14.8 Å². The van der Waals surface area contributed by atoms with E-state index in [0.29, 0.717) is 5.16 Å². The molecule has 0 N–H and O–H groups in total. The summed E-state index contributed by atoms with van der Waals surface area (Å²) in [5.74, 6) is 0. The van der Waals surface area contributed by atoms with Crippen molar-refractivity contribution in [3.8, 4) is 5.69 Å². The standard InChI is InChI=1S/C10H12N4S/c1-13(2)8-3-5-9(6-4-8)14-7-11-12-10(14)15/h3-7H,1-2H3,(H,12,15). The molecule has 2 aromatic rings. The van der Waals surface area contributed by atoms with E-state index in [1.54, 1.807) is 6.33 Å². The molecule has 0 aliphatic heterocycles. The number of nitrogens with zero attached hydrogens (tertiary/aromatic N) is 4. The molecule has 0 unspecified atom stereocenters. The zero-order chi connectivity index (χ0) is 10.8. The van der Waals surface area contributed by atoms with E-state index < -0.39 is 0 Å². The minimum absolute atomic E-state index is 0.590. The second-order valence-corrected chi connectivity index (χ2v) is 3.81. The Labute approximate surface area is 94.0 Å². The number of benzene rings is 1. The Morgan fingerprint density at radius 2 is 1.87 bits per heavy atom. The number of rotatable bonds is 2. The zero-order valence-corrected chi connectivity index (χ0v) is 9.52. The maximum absolute atomic E-state index is 4.21. The Bertz CT molecular complexity index is 447. The number of thiol groups is 1. The summed E-state index contributed by atoms with van der Waals surface area (Å²) >= 11 is 4.21. The van der Waals surface area contributed by atoms with Crippen LogP contribution in [0.2, 0.25) is 0 Å². The predicted octanol–water partition coefficient (Wildman–Crippen LogP) is 1.62. The lowest BCUT2D eigenvalue weighted by Crippen LogP contribution is -2.08. The molecular weight excluding hydrogens is 208 g/mol. The molecule has 1 aromatic carbocycles. The van der Waals surface area contributed by atoms with E-state index in [2.05, 4.69) is 27.7 Å². The van der Waals surface area contributed by atoms with E-state index in [1.165, 1.54) is 0 Å². The van der Waals surface area contributed by atoms with Gasteiger partial charge in [0.05, 0.1) is 0 Å². The van der Waals surface area contributed by atoms with Gasteiger partial charge in [-0.25, -0.2) is 0 Å². The van der Waals surface area contributed by atoms with Gasteiger partial charge in [-0.2, -0.15) is 0 Å². The summed E-state index contributed by atoms with van der Waals surface area (Å²) in [7, 11) is 4.02. The van der Waals surface area contributed by atoms with E-state index in [4.69, 9.17) is 0 Å². The highest BCUT2D eigenvalue weighted by molar-refractivity contribution is 7.80. The molecule has 0 atom stereocenters. The van der Waals surface area contributed by atoms with Crippen molar-refractivity contribution < 1.29 is 0 Å². The molecule has 0 aliphatic carbocycles. The van der Waals surface area contributed by atoms with E-state index in [0.717, 1.165) is 11.4 Å². The molecule has 1 heterocycles. The van der Waals surface area contributed by atoms with Gasteiger partial charge in [-0.3, -0.25) is 4.57 Å². The van der Waals surface area contributed by atoms with Gasteiger partial charge < -0.3 is 4.90 Å². The first kappa shape index (κ1) is 10.0. The molecule has 0 aliphatic rings. The summed E-state index contributed by atoms with van der Waals surface area (Å²) in [4.78, 5) is 2.05. The average molecular weight is 220 g/mol. The highest BCUT2D eigenvalue weighted by atomic mass is 32.1. The Kier molecular flexibility index (Phi) is 2.64. The van der Waals surface area contributed by atoms with Gasteiger partial charge in [0.15, 0.2) is 5.16 Å². The zero-order valence-electron chi connectivity index (χ0n) is 8.62. The largest absolute Gasteiger partial charge is 0.378 e. The van der Waals surface area contributed by atoms with E-state index in [-0.39, 0.29) is 0 Å². The smallest absolute Gasteiger partial charge is 0.192 e. The van der Waals surface area contributed by atoms with E-state index in [9.17, 15) is 0 Å². The summed E-state index contributed by atoms with van der Waals surface area (Å²) in [5, 5.41) is 8.19. The van der Waals surface area contributed by atoms with Crippen LogP contribution in [0.25, 0.3) is 5.69 Å². The normalized spacial score (nSPS) is 10.3. The Morgan fingerprint density at radius 1 is 1.20 bits per heavy atom. The first-order valence-electron chi connectivity index (χ1n) is 4.55. The minimum atomic E-state index is 0.590. The SMILES string of the molecule is CN(C)c1ccc(-n2cnnc2S)cc1. The van der Waals surface area contributed by atoms with Crippen LogP contribution in [0.5, 0.6) is 0 Å². The van der Waals surface area contributed by atoms with Crippen molar-refractivity contribution in [3.05, 3.63) is 30.6 Å². The average Bonchev–Trinajstić information content (AvgIpc) is 2.65. The van der Waals surface area contributed by atoms with Crippen LogP contribution in [0.15, 0.2) is 35.7 Å². The van der Waals surface area contributed by atoms with Crippen LogP contribution in [0.4, 0.5) is 5.69 Å². The Hall–Kier alpha value is -1.49. The van der Waals surface area contributed by atoms with Crippen LogP contribution < -0.4 is 4.90 Å². The van der Waals surface area contributed by atoms with Crippen LogP contribution in [-0.4, -0.2) is 28.9 Å². The van der Waals surface area contributed by atoms with Gasteiger partial charge in [-0.15, -0.1) is 22.8 Å². The summed E-state index contributed by atoms with van der Waals surface area (Å²) < 4.78 is 1.82. The fraction of sp³-hybridized carbons (Fsp3) is 0.200. The van der Waals surface area contributed by atoms with Crippen LogP contribution in [0.1, 0.15) is 0 Å². The van der Waals surface area contributed by atoms with E-state index >= 15 is 0 Å². The van der Waals surface area contributed by atoms with Gasteiger partial charge in [-0.05, 0) is 24.3 Å². The molecule has 78 valence electrons. The molecule has 5 heteroatoms. The number of anilines is 1. The molecule has 0 amide bonds. The third-order valence-electron chi connectivity index (χ3n) is 2.17. The van der Waals surface area contributed by atoms with E-state index in [1.807, 2.05) is 42.9 Å². The first-order chi connectivity index (χ1) is 7.18. The van der Waals surface area contributed by atoms with Crippen LogP contribution in [0.3, 0.4) is 0 Å². The second kappa shape index (κ2) is 3.94. The Morgan fingerprint density at radius 3 is 2.33 bits per heavy atom. The molecule has 0 saturated heterocycles. The third-order valence-corrected chi connectivity index (χ3v) is 2.48. The number of hydrogen-bond acceptors (Lipinski definition) is 4. The summed E-state index contributed by atoms with van der Waals surface area (Å²) in [5.41, 5.74) is 2.17. The topological polar surface area (TPSA) is 34.0 Å². The molecule has 15 heavy (non-hydrogen) atoms. The predicted molar refractivity (Wildman–Crippen MR) is 62.9 cm³/mol. The van der Waals surface area contributed by atoms with Crippen molar-refractivity contribution in [1.29, 1.82) is 0 Å². The van der Waals surface area contributed by atoms with Crippen molar-refractivity contribution in [2.45, 2.75) is 5.16 Å². The Balaban J connectivity index is 2.36. The van der Waals surface area contributed by atoms with Gasteiger partial charge in [0.1, 0.15) is 6.33 Å². The summed E-state index contributed by atoms with van der Waals surface area (Å²) in [6.45, 7) is 0. The fourth-order valence-corrected chi connectivity index (χ4v) is 1.54. The second-order valence-electron chi connectivity index (χ2n) is 3.41. The quantitative estimate of drug-likeness (QED) is 0.781. The lowest BCUT2D eigenvalue weighted by molar-refractivity contribution is 0.890. The molecular formula is C10H12N4S. The van der Waals surface area contributed by atoms with Crippen molar-refractivity contribution >= 4 is 18.3 Å². The first-order valence-corrected chi connectivity index (χ1v) is 5.00. The molecule has 0 spiro atoms. The van der Waals surface area contributed by atoms with Crippen LogP contribution in [-0.2, 0) is 0 Å². The minimum Gasteiger partial charge on any atom is -0.378 e. The van der Waals surface area contributed by atoms with Crippen LogP contribution in [0, 0.1) is 0 Å². The van der Waals surface area contributed by atoms with Gasteiger partial charge >= 0.3 is 0 Å². The molecule has 2 rings (SSSR count). The van der Waals surface area contributed by atoms with Gasteiger partial charge in [0, 0.05) is 25.5 Å². The molecule has 4 nitrogen and oxygen atoms in total. The number of hydrogen-bond donors (Lipinski definition) is 1. The molecule has 0 fully saturated rings. The molecule has 0 saturated carbocycles. The van der Waals surface area contributed by atoms with Crippen LogP contribution >= 0.6 is 12.6 Å². The summed E-state index contributed by atoms with van der Waals surface area (Å²) in [6.07, 6.45) is 1.65. The highest BCUT2D eigenvalue weighted by Crippen LogP contribution is 2.16. The lowest BCUT2D eigenvalue weighted by Gasteiger charge is -2.12. The molecule has 0 radical (unpaired) electrons. The highest BCUT2D eigenvalue weighted by Gasteiger charge is 2.02. The fourth-order valence-electron chi connectivity index (χ4n) is 1.32.